The maximum atomic E-state index is 12.0. The first kappa shape index (κ1) is 15.6. The normalized spacial score (nSPS) is 10.5. The Morgan fingerprint density at radius 1 is 0.846 bits per heavy atom. The van der Waals surface area contributed by atoms with E-state index in [1.54, 1.807) is 73.3 Å². The van der Waals surface area contributed by atoms with Gasteiger partial charge in [-0.1, -0.05) is 18.2 Å². The van der Waals surface area contributed by atoms with Crippen LogP contribution in [0.15, 0.2) is 83.8 Å². The average Bonchev–Trinajstić information content (AvgIpc) is 3.20. The van der Waals surface area contributed by atoms with Crippen LogP contribution >= 0.6 is 0 Å². The maximum absolute atomic E-state index is 12.0. The molecule has 0 unspecified atom stereocenters. The van der Waals surface area contributed by atoms with E-state index in [0.717, 1.165) is 5.56 Å². The van der Waals surface area contributed by atoms with E-state index in [1.807, 2.05) is 6.07 Å². The monoisotopic (exact) mass is 345 g/mol. The summed E-state index contributed by atoms with van der Waals surface area (Å²) in [5.41, 5.74) is 1.98. The molecule has 0 saturated carbocycles. The molecule has 126 valence electrons. The molecule has 0 aliphatic carbocycles. The number of benzene rings is 1. The predicted octanol–water partition coefficient (Wildman–Crippen LogP) is 2.36. The van der Waals surface area contributed by atoms with Crippen molar-refractivity contribution in [2.45, 2.75) is 0 Å². The summed E-state index contributed by atoms with van der Waals surface area (Å²) in [5.74, 6) is 0.342. The molecule has 1 aromatic carbocycles. The summed E-state index contributed by atoms with van der Waals surface area (Å²) < 4.78 is 7.00. The minimum absolute atomic E-state index is 0.373. The summed E-state index contributed by atoms with van der Waals surface area (Å²) in [7, 11) is 0. The van der Waals surface area contributed by atoms with Crippen LogP contribution in [-0.2, 0) is 0 Å². The summed E-state index contributed by atoms with van der Waals surface area (Å²) in [4.78, 5) is 21.3. The molecule has 0 bridgehead atoms. The molecular formula is C19H13N4O3+. The van der Waals surface area contributed by atoms with Gasteiger partial charge in [0.1, 0.15) is 0 Å². The Labute approximate surface area is 148 Å². The average molecular weight is 345 g/mol. The summed E-state index contributed by atoms with van der Waals surface area (Å²) >= 11 is 0. The van der Waals surface area contributed by atoms with Gasteiger partial charge in [0.25, 0.3) is 0 Å². The number of pyridine rings is 2. The number of carbonyl (C=O) groups excluding carboxylic acids is 1. The van der Waals surface area contributed by atoms with Gasteiger partial charge in [-0.2, -0.15) is 4.84 Å². The molecule has 0 amide bonds. The summed E-state index contributed by atoms with van der Waals surface area (Å²) in [5, 5.41) is 8.08. The minimum Gasteiger partial charge on any atom is -0.416 e. The molecule has 0 aliphatic rings. The van der Waals surface area contributed by atoms with Crippen LogP contribution in [0.1, 0.15) is 10.4 Å². The van der Waals surface area contributed by atoms with Crippen LogP contribution in [-0.4, -0.2) is 21.2 Å². The van der Waals surface area contributed by atoms with E-state index >= 15 is 0 Å². The Kier molecular flexibility index (Phi) is 4.17. The quantitative estimate of drug-likeness (QED) is 0.528. The molecule has 7 nitrogen and oxygen atoms in total. The molecular weight excluding hydrogens is 332 g/mol. The Morgan fingerprint density at radius 3 is 2.12 bits per heavy atom. The highest BCUT2D eigenvalue weighted by molar-refractivity contribution is 5.89. The van der Waals surface area contributed by atoms with Gasteiger partial charge in [0.15, 0.2) is 0 Å². The van der Waals surface area contributed by atoms with E-state index in [2.05, 4.69) is 15.2 Å². The lowest BCUT2D eigenvalue weighted by Crippen LogP contribution is -2.45. The zero-order valence-electron chi connectivity index (χ0n) is 13.5. The van der Waals surface area contributed by atoms with E-state index < -0.39 is 5.97 Å². The van der Waals surface area contributed by atoms with Gasteiger partial charge in [-0.05, 0) is 24.3 Å². The molecule has 3 heterocycles. The predicted molar refractivity (Wildman–Crippen MR) is 90.5 cm³/mol. The third-order valence-corrected chi connectivity index (χ3v) is 3.60. The Morgan fingerprint density at radius 2 is 1.46 bits per heavy atom. The molecule has 26 heavy (non-hydrogen) atoms. The Hall–Kier alpha value is -3.87. The Bertz CT molecular complexity index is 1020. The van der Waals surface area contributed by atoms with Crippen molar-refractivity contribution in [2.24, 2.45) is 0 Å². The van der Waals surface area contributed by atoms with Gasteiger partial charge in [0.2, 0.25) is 24.2 Å². The van der Waals surface area contributed by atoms with Crippen LogP contribution in [0.2, 0.25) is 0 Å². The lowest BCUT2D eigenvalue weighted by Gasteiger charge is -1.97. The van der Waals surface area contributed by atoms with Crippen molar-refractivity contribution in [3.05, 3.63) is 84.9 Å². The first-order valence-electron chi connectivity index (χ1n) is 7.83. The summed E-state index contributed by atoms with van der Waals surface area (Å²) in [6.45, 7) is 0. The van der Waals surface area contributed by atoms with Crippen LogP contribution in [0.4, 0.5) is 0 Å². The number of nitrogens with zero attached hydrogens (tertiary/aromatic N) is 4. The van der Waals surface area contributed by atoms with E-state index in [-0.39, 0.29) is 0 Å². The fourth-order valence-corrected chi connectivity index (χ4v) is 2.29. The lowest BCUT2D eigenvalue weighted by atomic mass is 10.2. The second-order valence-electron chi connectivity index (χ2n) is 5.34. The topological polar surface area (TPSA) is 82.0 Å². The van der Waals surface area contributed by atoms with Gasteiger partial charge in [-0.15, -0.1) is 10.2 Å². The van der Waals surface area contributed by atoms with Crippen molar-refractivity contribution in [1.82, 2.24) is 15.2 Å². The van der Waals surface area contributed by atoms with Crippen molar-refractivity contribution in [3.8, 4) is 22.9 Å². The smallest absolute Gasteiger partial charge is 0.411 e. The molecule has 0 aliphatic heterocycles. The van der Waals surface area contributed by atoms with Gasteiger partial charge in [0.05, 0.1) is 11.1 Å². The fraction of sp³-hybridized carbons (Fsp3) is 0. The number of hydrogen-bond acceptors (Lipinski definition) is 6. The van der Waals surface area contributed by atoms with Crippen LogP contribution in [0.3, 0.4) is 0 Å². The largest absolute Gasteiger partial charge is 0.416 e. The number of hydrogen-bond donors (Lipinski definition) is 0. The van der Waals surface area contributed by atoms with Crippen molar-refractivity contribution < 1.29 is 18.8 Å². The van der Waals surface area contributed by atoms with Crippen molar-refractivity contribution >= 4 is 5.97 Å². The molecule has 0 N–H and O–H groups in total. The first-order valence-corrected chi connectivity index (χ1v) is 7.83. The summed E-state index contributed by atoms with van der Waals surface area (Å²) in [6.07, 6.45) is 6.52. The zero-order chi connectivity index (χ0) is 17.8. The van der Waals surface area contributed by atoms with Crippen LogP contribution in [0.5, 0.6) is 0 Å². The molecule has 0 fully saturated rings. The van der Waals surface area contributed by atoms with Crippen molar-refractivity contribution in [2.75, 3.05) is 0 Å². The third kappa shape index (κ3) is 3.32. The maximum Gasteiger partial charge on any atom is 0.411 e. The summed E-state index contributed by atoms with van der Waals surface area (Å²) in [6, 6.07) is 15.8. The van der Waals surface area contributed by atoms with Gasteiger partial charge in [-0.3, -0.25) is 4.98 Å². The fourth-order valence-electron chi connectivity index (χ4n) is 2.29. The number of aromatic nitrogens is 4. The van der Waals surface area contributed by atoms with Gasteiger partial charge >= 0.3 is 5.97 Å². The highest BCUT2D eigenvalue weighted by atomic mass is 16.7. The second kappa shape index (κ2) is 6.94. The molecule has 4 aromatic rings. The second-order valence-corrected chi connectivity index (χ2v) is 5.34. The van der Waals surface area contributed by atoms with Crippen molar-refractivity contribution in [1.29, 1.82) is 0 Å². The molecule has 0 spiro atoms. The number of carbonyl (C=O) groups is 1. The molecule has 0 saturated heterocycles. The highest BCUT2D eigenvalue weighted by Gasteiger charge is 2.15. The van der Waals surface area contributed by atoms with E-state index in [1.165, 1.54) is 4.73 Å². The number of rotatable bonds is 4. The lowest BCUT2D eigenvalue weighted by molar-refractivity contribution is -0.868. The Balaban J connectivity index is 1.50. The van der Waals surface area contributed by atoms with E-state index in [4.69, 9.17) is 9.25 Å². The van der Waals surface area contributed by atoms with Crippen LogP contribution in [0.25, 0.3) is 22.9 Å². The molecule has 3 aromatic heterocycles. The zero-order valence-corrected chi connectivity index (χ0v) is 13.5. The molecule has 0 radical (unpaired) electrons. The van der Waals surface area contributed by atoms with E-state index in [9.17, 15) is 4.79 Å². The third-order valence-electron chi connectivity index (χ3n) is 3.60. The minimum atomic E-state index is -0.443. The standard InChI is InChI=1S/C19H13N4O3/c24-19(16-4-2-1-3-5-16)26-23-12-8-15(9-13-23)18-22-21-17(25-18)14-6-10-20-11-7-14/h1-13H/q+1. The van der Waals surface area contributed by atoms with Crippen LogP contribution in [0, 0.1) is 0 Å². The van der Waals surface area contributed by atoms with Gasteiger partial charge in [-0.25, -0.2) is 4.79 Å². The highest BCUT2D eigenvalue weighted by Crippen LogP contribution is 2.22. The SMILES string of the molecule is O=C(O[n+]1ccc(-c2nnc(-c3ccncc3)o2)cc1)c1ccccc1. The molecule has 4 rings (SSSR count). The van der Waals surface area contributed by atoms with Gasteiger partial charge in [0, 0.05) is 34.8 Å². The van der Waals surface area contributed by atoms with Gasteiger partial charge < -0.3 is 4.42 Å². The molecule has 7 heteroatoms. The van der Waals surface area contributed by atoms with Crippen LogP contribution < -0.4 is 9.57 Å². The molecule has 0 atom stereocenters. The van der Waals surface area contributed by atoms with Crippen molar-refractivity contribution in [3.63, 3.8) is 0 Å². The first-order chi connectivity index (χ1) is 12.8. The van der Waals surface area contributed by atoms with E-state index in [0.29, 0.717) is 22.9 Å².